The Morgan fingerprint density at radius 3 is 2.48 bits per heavy atom. The van der Waals surface area contributed by atoms with Crippen LogP contribution in [0.3, 0.4) is 0 Å². The average molecular weight is 330 g/mol. The maximum absolute atomic E-state index is 5.96. The lowest BCUT2D eigenvalue weighted by Gasteiger charge is -2.34. The summed E-state index contributed by atoms with van der Waals surface area (Å²) in [6.45, 7) is 3.90. The summed E-state index contributed by atoms with van der Waals surface area (Å²) >= 11 is 5.96. The van der Waals surface area contributed by atoms with Crippen molar-refractivity contribution in [1.82, 2.24) is 14.8 Å². The van der Waals surface area contributed by atoms with E-state index in [1.807, 2.05) is 42.5 Å². The molecular formula is C17H20ClN5. The molecule has 0 amide bonds. The van der Waals surface area contributed by atoms with Crippen molar-refractivity contribution < 1.29 is 0 Å². The van der Waals surface area contributed by atoms with Gasteiger partial charge in [-0.25, -0.2) is 4.98 Å². The van der Waals surface area contributed by atoms with Crippen molar-refractivity contribution in [3.63, 3.8) is 0 Å². The van der Waals surface area contributed by atoms with E-state index in [-0.39, 0.29) is 0 Å². The molecule has 1 aliphatic heterocycles. The van der Waals surface area contributed by atoms with E-state index in [0.29, 0.717) is 5.82 Å². The Hall–Kier alpha value is -2.11. The minimum atomic E-state index is 0.697. The first kappa shape index (κ1) is 15.8. The van der Waals surface area contributed by atoms with Crippen molar-refractivity contribution >= 4 is 29.1 Å². The number of rotatable bonds is 2. The maximum atomic E-state index is 5.96. The normalized spacial score (nSPS) is 16.4. The van der Waals surface area contributed by atoms with Gasteiger partial charge in [0.05, 0.1) is 0 Å². The van der Waals surface area contributed by atoms with E-state index in [0.717, 1.165) is 42.8 Å². The lowest BCUT2D eigenvalue weighted by molar-refractivity contribution is 0.215. The molecule has 0 spiro atoms. The number of nitrogens with one attached hydrogen (secondary N) is 1. The molecule has 1 aromatic carbocycles. The predicted molar refractivity (Wildman–Crippen MR) is 95.5 cm³/mol. The van der Waals surface area contributed by atoms with Crippen molar-refractivity contribution in [2.75, 3.05) is 38.5 Å². The third-order valence-electron chi connectivity index (χ3n) is 3.77. The molecule has 6 heteroatoms. The largest absolute Gasteiger partial charge is 0.340 e. The average Bonchev–Trinajstić information content (AvgIpc) is 2.58. The second-order valence-electron chi connectivity index (χ2n) is 5.55. The molecule has 1 N–H and O–H groups in total. The number of benzene rings is 1. The highest BCUT2D eigenvalue weighted by atomic mass is 35.5. The van der Waals surface area contributed by atoms with Crippen molar-refractivity contribution in [3.8, 4) is 0 Å². The Morgan fingerprint density at radius 1 is 1.09 bits per heavy atom. The van der Waals surface area contributed by atoms with Gasteiger partial charge < -0.3 is 15.1 Å². The Morgan fingerprint density at radius 2 is 1.83 bits per heavy atom. The third-order valence-corrected chi connectivity index (χ3v) is 4.02. The smallest absolute Gasteiger partial charge is 0.205 e. The molecule has 120 valence electrons. The molecule has 5 nitrogen and oxygen atoms in total. The van der Waals surface area contributed by atoms with Crippen LogP contribution >= 0.6 is 11.6 Å². The number of likely N-dealkylation sites (N-methyl/N-ethyl adjacent to an activating group) is 1. The standard InChI is InChI=1S/C17H20ClN5/c1-22-10-12-23(13-11-22)17(21-16-4-2-3-9-19-16)20-15-7-5-14(18)6-8-15/h2-9H,10-13H2,1H3,(H,19,20,21). The molecule has 0 radical (unpaired) electrons. The summed E-state index contributed by atoms with van der Waals surface area (Å²) in [6, 6.07) is 13.4. The number of nitrogens with zero attached hydrogens (tertiary/aromatic N) is 4. The Kier molecular flexibility index (Phi) is 5.10. The first-order chi connectivity index (χ1) is 11.2. The molecule has 1 fully saturated rings. The highest BCUT2D eigenvalue weighted by Crippen LogP contribution is 2.16. The molecule has 0 saturated carbocycles. The first-order valence-corrected chi connectivity index (χ1v) is 8.04. The van der Waals surface area contributed by atoms with Gasteiger partial charge in [0.15, 0.2) is 5.82 Å². The Balaban J connectivity index is 1.83. The minimum Gasteiger partial charge on any atom is -0.340 e. The quantitative estimate of drug-likeness (QED) is 0.679. The van der Waals surface area contributed by atoms with Gasteiger partial charge in [0.2, 0.25) is 5.96 Å². The van der Waals surface area contributed by atoms with E-state index in [1.54, 1.807) is 6.20 Å². The Bertz CT molecular complexity index is 648. The van der Waals surface area contributed by atoms with E-state index in [2.05, 4.69) is 27.1 Å². The molecule has 0 atom stereocenters. The summed E-state index contributed by atoms with van der Waals surface area (Å²) in [4.78, 5) is 13.6. The predicted octanol–water partition coefficient (Wildman–Crippen LogP) is 3.08. The number of aliphatic imine (C=N–C) groups is 1. The van der Waals surface area contributed by atoms with E-state index >= 15 is 0 Å². The van der Waals surface area contributed by atoms with Crippen LogP contribution in [0.25, 0.3) is 0 Å². The van der Waals surface area contributed by atoms with Gasteiger partial charge >= 0.3 is 0 Å². The molecular weight excluding hydrogens is 310 g/mol. The molecule has 1 aromatic heterocycles. The lowest BCUT2D eigenvalue weighted by atomic mass is 10.3. The minimum absolute atomic E-state index is 0.697. The first-order valence-electron chi connectivity index (χ1n) is 7.66. The molecule has 0 bridgehead atoms. The second kappa shape index (κ2) is 7.44. The van der Waals surface area contributed by atoms with E-state index in [1.165, 1.54) is 0 Å². The van der Waals surface area contributed by atoms with Gasteiger partial charge in [0.25, 0.3) is 0 Å². The van der Waals surface area contributed by atoms with Crippen molar-refractivity contribution in [1.29, 1.82) is 0 Å². The Labute approximate surface area is 141 Å². The van der Waals surface area contributed by atoms with E-state index < -0.39 is 0 Å². The fourth-order valence-electron chi connectivity index (χ4n) is 2.39. The van der Waals surface area contributed by atoms with Crippen molar-refractivity contribution in [3.05, 3.63) is 53.7 Å². The number of anilines is 1. The number of pyridine rings is 1. The summed E-state index contributed by atoms with van der Waals surface area (Å²) in [5.74, 6) is 1.52. The summed E-state index contributed by atoms with van der Waals surface area (Å²) in [5, 5.41) is 4.12. The zero-order valence-corrected chi connectivity index (χ0v) is 13.9. The lowest BCUT2D eigenvalue weighted by Crippen LogP contribution is -2.49. The van der Waals surface area contributed by atoms with Gasteiger partial charge in [-0.3, -0.25) is 0 Å². The zero-order chi connectivity index (χ0) is 16.1. The molecule has 1 saturated heterocycles. The van der Waals surface area contributed by atoms with Gasteiger partial charge in [0, 0.05) is 43.1 Å². The summed E-state index contributed by atoms with van der Waals surface area (Å²) in [6.07, 6.45) is 1.75. The molecule has 1 aliphatic rings. The third kappa shape index (κ3) is 4.43. The van der Waals surface area contributed by atoms with Gasteiger partial charge in [-0.1, -0.05) is 17.7 Å². The van der Waals surface area contributed by atoms with Crippen LogP contribution in [0.15, 0.2) is 53.7 Å². The number of guanidine groups is 1. The van der Waals surface area contributed by atoms with Gasteiger partial charge in [-0.2, -0.15) is 4.99 Å². The zero-order valence-electron chi connectivity index (χ0n) is 13.1. The van der Waals surface area contributed by atoms with Gasteiger partial charge in [-0.05, 0) is 43.4 Å². The van der Waals surface area contributed by atoms with Crippen LogP contribution in [0, 0.1) is 0 Å². The second-order valence-corrected chi connectivity index (χ2v) is 5.98. The molecule has 2 heterocycles. The molecule has 3 rings (SSSR count). The van der Waals surface area contributed by atoms with Gasteiger partial charge in [-0.15, -0.1) is 0 Å². The van der Waals surface area contributed by atoms with Crippen LogP contribution < -0.4 is 5.32 Å². The summed E-state index contributed by atoms with van der Waals surface area (Å²) < 4.78 is 0. The monoisotopic (exact) mass is 329 g/mol. The van der Waals surface area contributed by atoms with Crippen LogP contribution in [0.4, 0.5) is 11.5 Å². The van der Waals surface area contributed by atoms with Crippen LogP contribution in [0.1, 0.15) is 0 Å². The highest BCUT2D eigenvalue weighted by Gasteiger charge is 2.18. The van der Waals surface area contributed by atoms with Crippen LogP contribution in [-0.2, 0) is 0 Å². The van der Waals surface area contributed by atoms with Crippen LogP contribution in [0.5, 0.6) is 0 Å². The number of aromatic nitrogens is 1. The number of hydrogen-bond donors (Lipinski definition) is 1. The molecule has 0 unspecified atom stereocenters. The fourth-order valence-corrected chi connectivity index (χ4v) is 2.51. The fraction of sp³-hybridized carbons (Fsp3) is 0.294. The number of piperazine rings is 1. The topological polar surface area (TPSA) is 43.8 Å². The SMILES string of the molecule is CN1CCN(/C(=N/c2ccccn2)Nc2ccc(Cl)cc2)CC1. The van der Waals surface area contributed by atoms with Crippen LogP contribution in [0.2, 0.25) is 5.02 Å². The maximum Gasteiger partial charge on any atom is 0.205 e. The van der Waals surface area contributed by atoms with E-state index in [4.69, 9.17) is 16.6 Å². The van der Waals surface area contributed by atoms with E-state index in [9.17, 15) is 0 Å². The number of hydrogen-bond acceptors (Lipinski definition) is 3. The van der Waals surface area contributed by atoms with Crippen molar-refractivity contribution in [2.45, 2.75) is 0 Å². The molecule has 23 heavy (non-hydrogen) atoms. The molecule has 2 aromatic rings. The molecule has 0 aliphatic carbocycles. The van der Waals surface area contributed by atoms with Gasteiger partial charge in [0.1, 0.15) is 0 Å². The summed E-state index contributed by atoms with van der Waals surface area (Å²) in [5.41, 5.74) is 0.961. The highest BCUT2D eigenvalue weighted by molar-refractivity contribution is 6.30. The summed E-state index contributed by atoms with van der Waals surface area (Å²) in [7, 11) is 2.14. The number of halogens is 1. The van der Waals surface area contributed by atoms with Crippen molar-refractivity contribution in [2.24, 2.45) is 4.99 Å². The van der Waals surface area contributed by atoms with Crippen LogP contribution in [-0.4, -0.2) is 54.0 Å².